The number of aliphatic carboxylic acids is 1. The summed E-state index contributed by atoms with van der Waals surface area (Å²) in [7, 11) is 0. The second-order valence-corrected chi connectivity index (χ2v) is 6.18. The number of aryl methyl sites for hydroxylation is 2. The molecule has 1 amide bonds. The first-order valence-electron chi connectivity index (χ1n) is 6.55. The molecule has 112 valence electrons. The Morgan fingerprint density at radius 2 is 1.95 bits per heavy atom. The molecular weight excluding hydrogens is 260 g/mol. The minimum Gasteiger partial charge on any atom is -0.481 e. The van der Waals surface area contributed by atoms with Crippen molar-refractivity contribution in [2.45, 2.75) is 53.5 Å². The number of hydrogen-bond acceptors (Lipinski definition) is 4. The van der Waals surface area contributed by atoms with Crippen molar-refractivity contribution >= 4 is 11.9 Å². The number of oxazole rings is 1. The number of carbonyl (C=O) groups excluding carboxylic acids is 1. The molecule has 0 aliphatic rings. The molecule has 6 heteroatoms. The number of nitrogens with one attached hydrogen (secondary N) is 1. The van der Waals surface area contributed by atoms with Gasteiger partial charge in [0.05, 0.1) is 12.1 Å². The minimum atomic E-state index is -0.940. The zero-order valence-electron chi connectivity index (χ0n) is 12.6. The van der Waals surface area contributed by atoms with Gasteiger partial charge in [0, 0.05) is 13.0 Å². The molecule has 0 saturated carbocycles. The number of hydrogen-bond donors (Lipinski definition) is 2. The van der Waals surface area contributed by atoms with Gasteiger partial charge in [0.2, 0.25) is 5.76 Å². The van der Waals surface area contributed by atoms with Gasteiger partial charge in [0.1, 0.15) is 0 Å². The second-order valence-electron chi connectivity index (χ2n) is 6.18. The Labute approximate surface area is 118 Å². The van der Waals surface area contributed by atoms with Crippen LogP contribution in [0.4, 0.5) is 0 Å². The highest BCUT2D eigenvalue weighted by atomic mass is 16.4. The summed E-state index contributed by atoms with van der Waals surface area (Å²) in [5.41, 5.74) is 0.421. The molecule has 1 rings (SSSR count). The minimum absolute atomic E-state index is 0.0836. The molecule has 20 heavy (non-hydrogen) atoms. The summed E-state index contributed by atoms with van der Waals surface area (Å²) in [6.07, 6.45) is 0.451. The van der Waals surface area contributed by atoms with E-state index in [4.69, 9.17) is 9.52 Å². The van der Waals surface area contributed by atoms with Gasteiger partial charge in [0.25, 0.3) is 5.91 Å². The van der Waals surface area contributed by atoms with Crippen molar-refractivity contribution in [2.24, 2.45) is 5.41 Å². The number of aromatic nitrogens is 1. The van der Waals surface area contributed by atoms with E-state index in [0.29, 0.717) is 18.0 Å². The van der Waals surface area contributed by atoms with Crippen LogP contribution in [0.25, 0.3) is 0 Å². The van der Waals surface area contributed by atoms with Gasteiger partial charge >= 0.3 is 5.97 Å². The first kappa shape index (κ1) is 16.2. The molecule has 1 aromatic rings. The monoisotopic (exact) mass is 282 g/mol. The SMILES string of the molecule is Cc1nc(C)c(C(=O)NC(CC(=O)O)CC(C)(C)C)o1. The molecule has 0 fully saturated rings. The van der Waals surface area contributed by atoms with Gasteiger partial charge in [-0.25, -0.2) is 4.98 Å². The van der Waals surface area contributed by atoms with Crippen LogP contribution < -0.4 is 5.32 Å². The lowest BCUT2D eigenvalue weighted by atomic mass is 9.87. The van der Waals surface area contributed by atoms with Crippen molar-refractivity contribution in [3.05, 3.63) is 17.3 Å². The van der Waals surface area contributed by atoms with E-state index in [1.54, 1.807) is 13.8 Å². The third kappa shape index (κ3) is 5.03. The van der Waals surface area contributed by atoms with Gasteiger partial charge in [0.15, 0.2) is 5.89 Å². The van der Waals surface area contributed by atoms with Gasteiger partial charge in [-0.05, 0) is 18.8 Å². The zero-order chi connectivity index (χ0) is 15.5. The molecule has 1 aromatic heterocycles. The van der Waals surface area contributed by atoms with E-state index in [1.165, 1.54) is 0 Å². The molecule has 0 saturated heterocycles. The van der Waals surface area contributed by atoms with Gasteiger partial charge in [-0.3, -0.25) is 9.59 Å². The van der Waals surface area contributed by atoms with E-state index in [1.807, 2.05) is 20.8 Å². The third-order valence-electron chi connectivity index (χ3n) is 2.72. The van der Waals surface area contributed by atoms with Crippen molar-refractivity contribution < 1.29 is 19.1 Å². The Balaban J connectivity index is 2.81. The van der Waals surface area contributed by atoms with Crippen molar-refractivity contribution in [3.8, 4) is 0 Å². The molecule has 1 atom stereocenters. The van der Waals surface area contributed by atoms with Crippen LogP contribution in [0, 0.1) is 19.3 Å². The summed E-state index contributed by atoms with van der Waals surface area (Å²) in [6.45, 7) is 9.34. The molecule has 6 nitrogen and oxygen atoms in total. The number of rotatable bonds is 5. The smallest absolute Gasteiger partial charge is 0.305 e. The van der Waals surface area contributed by atoms with Crippen molar-refractivity contribution in [2.75, 3.05) is 0 Å². The lowest BCUT2D eigenvalue weighted by molar-refractivity contribution is -0.137. The fourth-order valence-corrected chi connectivity index (χ4v) is 2.12. The van der Waals surface area contributed by atoms with Gasteiger partial charge < -0.3 is 14.8 Å². The molecule has 0 bridgehead atoms. The summed E-state index contributed by atoms with van der Waals surface area (Å²) in [4.78, 5) is 27.0. The number of amides is 1. The van der Waals surface area contributed by atoms with Crippen LogP contribution in [0.2, 0.25) is 0 Å². The topological polar surface area (TPSA) is 92.4 Å². The molecule has 0 aliphatic heterocycles. The molecule has 0 aromatic carbocycles. The average molecular weight is 282 g/mol. The van der Waals surface area contributed by atoms with Crippen LogP contribution in [0.1, 0.15) is 55.8 Å². The van der Waals surface area contributed by atoms with Crippen LogP contribution in [0.15, 0.2) is 4.42 Å². The predicted octanol–water partition coefficient (Wildman–Crippen LogP) is 2.30. The van der Waals surface area contributed by atoms with Crippen molar-refractivity contribution in [3.63, 3.8) is 0 Å². The Morgan fingerprint density at radius 1 is 1.35 bits per heavy atom. The lowest BCUT2D eigenvalue weighted by Gasteiger charge is -2.25. The number of carbonyl (C=O) groups is 2. The summed E-state index contributed by atoms with van der Waals surface area (Å²) < 4.78 is 5.24. The normalized spacial score (nSPS) is 13.1. The summed E-state index contributed by atoms with van der Waals surface area (Å²) in [5, 5.41) is 11.7. The highest BCUT2D eigenvalue weighted by Gasteiger charge is 2.25. The molecular formula is C14H22N2O4. The highest BCUT2D eigenvalue weighted by molar-refractivity contribution is 5.92. The number of carboxylic acid groups (broad SMARTS) is 1. The maximum atomic E-state index is 12.1. The van der Waals surface area contributed by atoms with E-state index in [2.05, 4.69) is 10.3 Å². The molecule has 0 aliphatic carbocycles. The molecule has 0 radical (unpaired) electrons. The Bertz CT molecular complexity index is 500. The van der Waals surface area contributed by atoms with E-state index >= 15 is 0 Å². The van der Waals surface area contributed by atoms with E-state index in [0.717, 1.165) is 0 Å². The van der Waals surface area contributed by atoms with E-state index < -0.39 is 17.9 Å². The van der Waals surface area contributed by atoms with Crippen LogP contribution in [-0.4, -0.2) is 28.0 Å². The van der Waals surface area contributed by atoms with Crippen molar-refractivity contribution in [1.29, 1.82) is 0 Å². The fourth-order valence-electron chi connectivity index (χ4n) is 2.12. The number of carboxylic acids is 1. The molecule has 0 spiro atoms. The maximum absolute atomic E-state index is 12.1. The standard InChI is InChI=1S/C14H22N2O4/c1-8-12(20-9(2)15-8)13(19)16-10(6-11(17)18)7-14(3,4)5/h10H,6-7H2,1-5H3,(H,16,19)(H,17,18). The average Bonchev–Trinajstić information content (AvgIpc) is 2.53. The van der Waals surface area contributed by atoms with Gasteiger partial charge in [-0.15, -0.1) is 0 Å². The molecule has 1 unspecified atom stereocenters. The van der Waals surface area contributed by atoms with Crippen LogP contribution in [0.3, 0.4) is 0 Å². The first-order chi connectivity index (χ1) is 9.08. The van der Waals surface area contributed by atoms with E-state index in [-0.39, 0.29) is 17.6 Å². The predicted molar refractivity (Wildman–Crippen MR) is 73.6 cm³/mol. The first-order valence-corrected chi connectivity index (χ1v) is 6.55. The van der Waals surface area contributed by atoms with Gasteiger partial charge in [-0.2, -0.15) is 0 Å². The highest BCUT2D eigenvalue weighted by Crippen LogP contribution is 2.22. The van der Waals surface area contributed by atoms with Crippen LogP contribution >= 0.6 is 0 Å². The fraction of sp³-hybridized carbons (Fsp3) is 0.643. The van der Waals surface area contributed by atoms with Crippen molar-refractivity contribution in [1.82, 2.24) is 10.3 Å². The van der Waals surface area contributed by atoms with Crippen LogP contribution in [-0.2, 0) is 4.79 Å². The largest absolute Gasteiger partial charge is 0.481 e. The summed E-state index contributed by atoms with van der Waals surface area (Å²) in [6, 6.07) is -0.440. The van der Waals surface area contributed by atoms with E-state index in [9.17, 15) is 9.59 Å². The van der Waals surface area contributed by atoms with Gasteiger partial charge in [-0.1, -0.05) is 20.8 Å². The molecule has 2 N–H and O–H groups in total. The summed E-state index contributed by atoms with van der Waals surface area (Å²) in [5.74, 6) is -0.798. The Hall–Kier alpha value is -1.85. The number of nitrogens with zero attached hydrogens (tertiary/aromatic N) is 1. The zero-order valence-corrected chi connectivity index (χ0v) is 12.6. The molecule has 1 heterocycles. The maximum Gasteiger partial charge on any atom is 0.305 e. The Kier molecular flexibility index (Phi) is 4.92. The van der Waals surface area contributed by atoms with Crippen LogP contribution in [0.5, 0.6) is 0 Å². The third-order valence-corrected chi connectivity index (χ3v) is 2.72. The second kappa shape index (κ2) is 6.07. The Morgan fingerprint density at radius 3 is 2.35 bits per heavy atom. The quantitative estimate of drug-likeness (QED) is 0.864. The summed E-state index contributed by atoms with van der Waals surface area (Å²) >= 11 is 0. The lowest BCUT2D eigenvalue weighted by Crippen LogP contribution is -2.39.